The third-order valence-corrected chi connectivity index (χ3v) is 7.85. The van der Waals surface area contributed by atoms with Crippen LogP contribution in [0.1, 0.15) is 45.1 Å². The van der Waals surface area contributed by atoms with E-state index in [-0.39, 0.29) is 16.5 Å². The fraction of sp³-hybridized carbons (Fsp3) is 0.545. The number of aromatic nitrogens is 2. The minimum absolute atomic E-state index is 0.0574. The molecule has 0 bridgehead atoms. The predicted octanol–water partition coefficient (Wildman–Crippen LogP) is 3.17. The van der Waals surface area contributed by atoms with Gasteiger partial charge in [0, 0.05) is 63.0 Å². The summed E-state index contributed by atoms with van der Waals surface area (Å²) in [5.41, 5.74) is 1.14. The maximum absolute atomic E-state index is 12.8. The molecular weight excluding hydrogens is 444 g/mol. The highest BCUT2D eigenvalue weighted by Gasteiger charge is 2.29. The lowest BCUT2D eigenvalue weighted by atomic mass is 10.2. The Morgan fingerprint density at radius 3 is 2.21 bits per heavy atom. The van der Waals surface area contributed by atoms with Gasteiger partial charge < -0.3 is 9.80 Å². The van der Waals surface area contributed by atoms with E-state index < -0.39 is 14.9 Å². The molecule has 3 rings (SSSR count). The van der Waals surface area contributed by atoms with Crippen molar-refractivity contribution in [3.63, 3.8) is 0 Å². The van der Waals surface area contributed by atoms with E-state index in [2.05, 4.69) is 28.7 Å². The second kappa shape index (κ2) is 10.0. The van der Waals surface area contributed by atoms with Crippen LogP contribution >= 0.6 is 0 Å². The van der Waals surface area contributed by atoms with Gasteiger partial charge >= 0.3 is 0 Å². The Balaban J connectivity index is 1.84. The number of piperazine rings is 1. The second-order valence-electron chi connectivity index (χ2n) is 8.35. The van der Waals surface area contributed by atoms with Crippen molar-refractivity contribution in [2.24, 2.45) is 0 Å². The standard InChI is InChI=1S/C22H32N6O4S/c1-6-27(7-2)33(31,32)18-8-9-19(20(15-18)28(29)30)25-10-12-26(13-11-25)21-14-17(5)23-22(24-21)16(3)4/h8-9,14-16H,6-7,10-13H2,1-5H3. The Morgan fingerprint density at radius 1 is 1.06 bits per heavy atom. The quantitative estimate of drug-likeness (QED) is 0.422. The van der Waals surface area contributed by atoms with E-state index in [9.17, 15) is 18.5 Å². The molecule has 2 heterocycles. The normalized spacial score (nSPS) is 14.9. The van der Waals surface area contributed by atoms with Crippen molar-refractivity contribution in [3.8, 4) is 0 Å². The lowest BCUT2D eigenvalue weighted by Gasteiger charge is -2.36. The second-order valence-corrected chi connectivity index (χ2v) is 10.3. The monoisotopic (exact) mass is 476 g/mol. The molecule has 11 heteroatoms. The molecule has 1 aliphatic heterocycles. The number of anilines is 2. The summed E-state index contributed by atoms with van der Waals surface area (Å²) >= 11 is 0. The first-order valence-electron chi connectivity index (χ1n) is 11.2. The highest BCUT2D eigenvalue weighted by molar-refractivity contribution is 7.89. The van der Waals surface area contributed by atoms with Gasteiger partial charge in [-0.05, 0) is 19.1 Å². The summed E-state index contributed by atoms with van der Waals surface area (Å²) in [5.74, 6) is 1.88. The van der Waals surface area contributed by atoms with Gasteiger partial charge in [0.2, 0.25) is 10.0 Å². The molecule has 0 spiro atoms. The summed E-state index contributed by atoms with van der Waals surface area (Å²) in [6, 6.07) is 6.15. The van der Waals surface area contributed by atoms with Gasteiger partial charge in [-0.1, -0.05) is 27.7 Å². The molecule has 0 aliphatic carbocycles. The fourth-order valence-corrected chi connectivity index (χ4v) is 5.44. The Kier molecular flexibility index (Phi) is 7.53. The molecule has 1 aliphatic rings. The van der Waals surface area contributed by atoms with E-state index in [1.165, 1.54) is 16.4 Å². The van der Waals surface area contributed by atoms with Crippen LogP contribution in [-0.2, 0) is 10.0 Å². The SMILES string of the molecule is CCN(CC)S(=O)(=O)c1ccc(N2CCN(c3cc(C)nc(C(C)C)n3)CC2)c([N+](=O)[O-])c1. The number of nitro benzene ring substituents is 1. The highest BCUT2D eigenvalue weighted by Crippen LogP contribution is 2.33. The zero-order valence-corrected chi connectivity index (χ0v) is 20.7. The summed E-state index contributed by atoms with van der Waals surface area (Å²) < 4.78 is 27.0. The van der Waals surface area contributed by atoms with Crippen LogP contribution in [0, 0.1) is 17.0 Å². The molecule has 180 valence electrons. The van der Waals surface area contributed by atoms with Gasteiger partial charge in [0.25, 0.3) is 5.69 Å². The van der Waals surface area contributed by atoms with Crippen molar-refractivity contribution in [3.05, 3.63) is 45.9 Å². The first-order valence-corrected chi connectivity index (χ1v) is 12.7. The molecule has 1 aromatic carbocycles. The smallest absolute Gasteiger partial charge is 0.293 e. The largest absolute Gasteiger partial charge is 0.362 e. The summed E-state index contributed by atoms with van der Waals surface area (Å²) in [4.78, 5) is 24.5. The lowest BCUT2D eigenvalue weighted by molar-refractivity contribution is -0.384. The van der Waals surface area contributed by atoms with E-state index >= 15 is 0 Å². The van der Waals surface area contributed by atoms with Crippen LogP contribution in [0.3, 0.4) is 0 Å². The minimum Gasteiger partial charge on any atom is -0.362 e. The number of nitro groups is 1. The van der Waals surface area contributed by atoms with Crippen LogP contribution in [0.4, 0.5) is 17.2 Å². The van der Waals surface area contributed by atoms with Crippen LogP contribution < -0.4 is 9.80 Å². The van der Waals surface area contributed by atoms with E-state index in [0.29, 0.717) is 45.0 Å². The Hall–Kier alpha value is -2.79. The van der Waals surface area contributed by atoms with Gasteiger partial charge in [-0.25, -0.2) is 18.4 Å². The van der Waals surface area contributed by atoms with Crippen molar-refractivity contribution in [2.45, 2.75) is 45.4 Å². The Morgan fingerprint density at radius 2 is 1.67 bits per heavy atom. The van der Waals surface area contributed by atoms with Crippen molar-refractivity contribution >= 4 is 27.2 Å². The average Bonchev–Trinajstić information content (AvgIpc) is 2.79. The first-order chi connectivity index (χ1) is 15.6. The summed E-state index contributed by atoms with van der Waals surface area (Å²) in [5, 5.41) is 11.8. The van der Waals surface area contributed by atoms with Gasteiger partial charge in [0.1, 0.15) is 17.3 Å². The lowest BCUT2D eigenvalue weighted by Crippen LogP contribution is -2.47. The molecular formula is C22H32N6O4S. The molecule has 1 aromatic heterocycles. The third-order valence-electron chi connectivity index (χ3n) is 5.81. The third kappa shape index (κ3) is 5.25. The van der Waals surface area contributed by atoms with Crippen molar-refractivity contribution in [1.29, 1.82) is 0 Å². The van der Waals surface area contributed by atoms with Crippen LogP contribution in [0.2, 0.25) is 0 Å². The number of benzene rings is 1. The number of nitrogens with zero attached hydrogens (tertiary/aromatic N) is 6. The van der Waals surface area contributed by atoms with Crippen LogP contribution in [0.15, 0.2) is 29.2 Å². The molecule has 1 fully saturated rings. The first kappa shape index (κ1) is 24.8. The zero-order chi connectivity index (χ0) is 24.3. The molecule has 33 heavy (non-hydrogen) atoms. The van der Waals surface area contributed by atoms with Crippen LogP contribution in [-0.4, -0.2) is 66.9 Å². The van der Waals surface area contributed by atoms with E-state index in [0.717, 1.165) is 17.3 Å². The van der Waals surface area contributed by atoms with Gasteiger partial charge in [0.05, 0.1) is 9.82 Å². The van der Waals surface area contributed by atoms with Gasteiger partial charge in [-0.15, -0.1) is 0 Å². The number of hydrogen-bond acceptors (Lipinski definition) is 8. The fourth-order valence-electron chi connectivity index (χ4n) is 3.96. The van der Waals surface area contributed by atoms with Crippen LogP contribution in [0.5, 0.6) is 0 Å². The molecule has 0 N–H and O–H groups in total. The van der Waals surface area contributed by atoms with Crippen molar-refractivity contribution in [1.82, 2.24) is 14.3 Å². The topological polar surface area (TPSA) is 113 Å². The Labute approximate surface area is 195 Å². The number of hydrogen-bond donors (Lipinski definition) is 0. The summed E-state index contributed by atoms with van der Waals surface area (Å²) in [6.45, 7) is 12.6. The molecule has 0 saturated carbocycles. The maximum atomic E-state index is 12.8. The number of rotatable bonds is 8. The van der Waals surface area contributed by atoms with E-state index in [1.807, 2.05) is 17.9 Å². The van der Waals surface area contributed by atoms with E-state index in [4.69, 9.17) is 0 Å². The number of sulfonamides is 1. The molecule has 0 amide bonds. The molecule has 0 radical (unpaired) electrons. The summed E-state index contributed by atoms with van der Waals surface area (Å²) in [6.07, 6.45) is 0. The maximum Gasteiger partial charge on any atom is 0.293 e. The molecule has 0 unspecified atom stereocenters. The average molecular weight is 477 g/mol. The van der Waals surface area contributed by atoms with Crippen molar-refractivity contribution in [2.75, 3.05) is 49.1 Å². The molecule has 1 saturated heterocycles. The van der Waals surface area contributed by atoms with E-state index in [1.54, 1.807) is 19.9 Å². The molecule has 10 nitrogen and oxygen atoms in total. The predicted molar refractivity (Wildman–Crippen MR) is 128 cm³/mol. The van der Waals surface area contributed by atoms with Crippen molar-refractivity contribution < 1.29 is 13.3 Å². The van der Waals surface area contributed by atoms with Gasteiger partial charge in [-0.3, -0.25) is 10.1 Å². The number of aryl methyl sites for hydroxylation is 1. The molecule has 0 atom stereocenters. The zero-order valence-electron chi connectivity index (χ0n) is 19.9. The van der Waals surface area contributed by atoms with Gasteiger partial charge in [0.15, 0.2) is 0 Å². The summed E-state index contributed by atoms with van der Waals surface area (Å²) in [7, 11) is -3.78. The molecule has 2 aromatic rings. The minimum atomic E-state index is -3.78. The highest BCUT2D eigenvalue weighted by atomic mass is 32.2. The van der Waals surface area contributed by atoms with Gasteiger partial charge in [-0.2, -0.15) is 4.31 Å². The van der Waals surface area contributed by atoms with Crippen LogP contribution in [0.25, 0.3) is 0 Å². The Bertz CT molecular complexity index is 1110.